The van der Waals surface area contributed by atoms with Crippen LogP contribution < -0.4 is 10.6 Å². The van der Waals surface area contributed by atoms with E-state index in [-0.39, 0.29) is 29.8 Å². The van der Waals surface area contributed by atoms with Crippen LogP contribution in [-0.4, -0.2) is 29.5 Å². The van der Waals surface area contributed by atoms with Crippen LogP contribution in [0.3, 0.4) is 0 Å². The molecule has 1 fully saturated rings. The summed E-state index contributed by atoms with van der Waals surface area (Å²) < 4.78 is 0. The maximum atomic E-state index is 12.1. The minimum Gasteiger partial charge on any atom is -0.507 e. The van der Waals surface area contributed by atoms with Gasteiger partial charge in [0.15, 0.2) is 0 Å². The molecule has 0 heterocycles. The van der Waals surface area contributed by atoms with Gasteiger partial charge in [-0.15, -0.1) is 0 Å². The van der Waals surface area contributed by atoms with Gasteiger partial charge in [0.1, 0.15) is 5.75 Å². The summed E-state index contributed by atoms with van der Waals surface area (Å²) in [5, 5.41) is 17.0. The van der Waals surface area contributed by atoms with Gasteiger partial charge in [-0.25, -0.2) is 0 Å². The molecule has 5 nitrogen and oxygen atoms in total. The number of hydrogen-bond donors (Lipinski definition) is 3. The van der Waals surface area contributed by atoms with E-state index in [0.717, 1.165) is 23.6 Å². The Labute approximate surface area is 122 Å². The van der Waals surface area contributed by atoms with Crippen molar-refractivity contribution in [2.75, 3.05) is 6.54 Å². The van der Waals surface area contributed by atoms with Crippen molar-refractivity contribution in [3.8, 4) is 5.75 Å². The number of phenolic OH excluding ortho intramolecular Hbond substituents is 1. The van der Waals surface area contributed by atoms with Crippen molar-refractivity contribution in [2.45, 2.75) is 18.9 Å². The number of phenols is 1. The Balaban J connectivity index is 1.71. The molecule has 2 amide bonds. The van der Waals surface area contributed by atoms with E-state index in [0.29, 0.717) is 0 Å². The molecule has 1 aliphatic carbocycles. The summed E-state index contributed by atoms with van der Waals surface area (Å²) in [5.74, 6) is -0.746. The molecule has 2 aromatic carbocycles. The number of nitrogens with one attached hydrogen (secondary N) is 2. The highest BCUT2D eigenvalue weighted by Crippen LogP contribution is 2.24. The zero-order chi connectivity index (χ0) is 14.8. The minimum atomic E-state index is -0.454. The maximum Gasteiger partial charge on any atom is 0.255 e. The standard InChI is InChI=1S/C16H16N2O3/c19-14-8-11-4-2-1-3-10(11)7-13(14)16(21)17-9-15(20)18-12-5-6-12/h1-4,7-8,12,19H,5-6,9H2,(H,17,21)(H,18,20). The number of aromatic hydroxyl groups is 1. The van der Waals surface area contributed by atoms with Crippen molar-refractivity contribution >= 4 is 22.6 Å². The van der Waals surface area contributed by atoms with Crippen molar-refractivity contribution in [1.29, 1.82) is 0 Å². The fourth-order valence-corrected chi connectivity index (χ4v) is 2.17. The quantitative estimate of drug-likeness (QED) is 0.797. The molecule has 0 bridgehead atoms. The van der Waals surface area contributed by atoms with Gasteiger partial charge in [-0.1, -0.05) is 24.3 Å². The Hall–Kier alpha value is -2.56. The molecule has 1 saturated carbocycles. The molecule has 3 N–H and O–H groups in total. The van der Waals surface area contributed by atoms with Crippen LogP contribution in [-0.2, 0) is 4.79 Å². The zero-order valence-corrected chi connectivity index (χ0v) is 11.4. The van der Waals surface area contributed by atoms with Crippen LogP contribution in [0.25, 0.3) is 10.8 Å². The van der Waals surface area contributed by atoms with Gasteiger partial charge in [0, 0.05) is 6.04 Å². The highest BCUT2D eigenvalue weighted by molar-refractivity contribution is 6.02. The Kier molecular flexibility index (Phi) is 3.48. The van der Waals surface area contributed by atoms with Gasteiger partial charge < -0.3 is 15.7 Å². The number of amides is 2. The van der Waals surface area contributed by atoms with Gasteiger partial charge in [-0.3, -0.25) is 9.59 Å². The molecule has 5 heteroatoms. The molecule has 3 rings (SSSR count). The summed E-state index contributed by atoms with van der Waals surface area (Å²) in [5.41, 5.74) is 0.174. The highest BCUT2D eigenvalue weighted by Gasteiger charge is 2.23. The first-order valence-electron chi connectivity index (χ1n) is 6.93. The summed E-state index contributed by atoms with van der Waals surface area (Å²) in [6, 6.07) is 10.9. The lowest BCUT2D eigenvalue weighted by Crippen LogP contribution is -2.37. The molecule has 0 radical (unpaired) electrons. The van der Waals surface area contributed by atoms with Crippen molar-refractivity contribution in [2.24, 2.45) is 0 Å². The van der Waals surface area contributed by atoms with Crippen LogP contribution >= 0.6 is 0 Å². The topological polar surface area (TPSA) is 78.4 Å². The van der Waals surface area contributed by atoms with Gasteiger partial charge in [0.25, 0.3) is 5.91 Å². The molecule has 0 atom stereocenters. The average molecular weight is 284 g/mol. The SMILES string of the molecule is O=C(CNC(=O)c1cc2ccccc2cc1O)NC1CC1. The molecule has 0 aliphatic heterocycles. The maximum absolute atomic E-state index is 12.1. The summed E-state index contributed by atoms with van der Waals surface area (Å²) in [4.78, 5) is 23.6. The summed E-state index contributed by atoms with van der Waals surface area (Å²) in [6.07, 6.45) is 2.01. The molecule has 0 aromatic heterocycles. The van der Waals surface area contributed by atoms with Gasteiger partial charge in [-0.05, 0) is 35.7 Å². The van der Waals surface area contributed by atoms with Crippen molar-refractivity contribution in [3.05, 3.63) is 42.0 Å². The Morgan fingerprint density at radius 2 is 1.81 bits per heavy atom. The molecule has 1 aliphatic rings. The molecule has 2 aromatic rings. The van der Waals surface area contributed by atoms with Crippen LogP contribution in [0.4, 0.5) is 0 Å². The predicted molar refractivity (Wildman–Crippen MR) is 79.1 cm³/mol. The largest absolute Gasteiger partial charge is 0.507 e. The van der Waals surface area contributed by atoms with Gasteiger partial charge in [0.05, 0.1) is 12.1 Å². The van der Waals surface area contributed by atoms with E-state index in [4.69, 9.17) is 0 Å². The summed E-state index contributed by atoms with van der Waals surface area (Å²) in [6.45, 7) is -0.0817. The van der Waals surface area contributed by atoms with E-state index in [9.17, 15) is 14.7 Å². The van der Waals surface area contributed by atoms with Crippen molar-refractivity contribution < 1.29 is 14.7 Å². The van der Waals surface area contributed by atoms with Crippen LogP contribution in [0.1, 0.15) is 23.2 Å². The third-order valence-electron chi connectivity index (χ3n) is 3.46. The molecular weight excluding hydrogens is 268 g/mol. The molecule has 0 saturated heterocycles. The van der Waals surface area contributed by atoms with Crippen LogP contribution in [0, 0.1) is 0 Å². The molecule has 108 valence electrons. The molecular formula is C16H16N2O3. The molecule has 21 heavy (non-hydrogen) atoms. The normalized spacial score (nSPS) is 13.9. The Bertz CT molecular complexity index is 708. The van der Waals surface area contributed by atoms with Gasteiger partial charge >= 0.3 is 0 Å². The fourth-order valence-electron chi connectivity index (χ4n) is 2.17. The van der Waals surface area contributed by atoms with Crippen LogP contribution in [0.15, 0.2) is 36.4 Å². The predicted octanol–water partition coefficient (Wildman–Crippen LogP) is 1.55. The van der Waals surface area contributed by atoms with Crippen LogP contribution in [0.5, 0.6) is 5.75 Å². The van der Waals surface area contributed by atoms with E-state index in [1.807, 2.05) is 24.3 Å². The Morgan fingerprint density at radius 3 is 2.48 bits per heavy atom. The summed E-state index contributed by atoms with van der Waals surface area (Å²) >= 11 is 0. The first-order chi connectivity index (χ1) is 10.1. The van der Waals surface area contributed by atoms with Crippen LogP contribution in [0.2, 0.25) is 0 Å². The first kappa shape index (κ1) is 13.4. The third-order valence-corrected chi connectivity index (χ3v) is 3.46. The lowest BCUT2D eigenvalue weighted by molar-refractivity contribution is -0.120. The Morgan fingerprint density at radius 1 is 1.14 bits per heavy atom. The highest BCUT2D eigenvalue weighted by atomic mass is 16.3. The minimum absolute atomic E-state index is 0.0817. The lowest BCUT2D eigenvalue weighted by Gasteiger charge is -2.08. The average Bonchev–Trinajstić information content (AvgIpc) is 3.28. The second-order valence-electron chi connectivity index (χ2n) is 5.24. The molecule has 0 spiro atoms. The van der Waals surface area contributed by atoms with Gasteiger partial charge in [0.2, 0.25) is 5.91 Å². The van der Waals surface area contributed by atoms with Crippen molar-refractivity contribution in [1.82, 2.24) is 10.6 Å². The van der Waals surface area contributed by atoms with E-state index in [2.05, 4.69) is 10.6 Å². The lowest BCUT2D eigenvalue weighted by atomic mass is 10.1. The number of benzene rings is 2. The summed E-state index contributed by atoms with van der Waals surface area (Å²) in [7, 11) is 0. The smallest absolute Gasteiger partial charge is 0.255 e. The van der Waals surface area contributed by atoms with E-state index < -0.39 is 5.91 Å². The van der Waals surface area contributed by atoms with Gasteiger partial charge in [-0.2, -0.15) is 0 Å². The van der Waals surface area contributed by atoms with E-state index in [1.54, 1.807) is 12.1 Å². The number of fused-ring (bicyclic) bond motifs is 1. The second-order valence-corrected chi connectivity index (χ2v) is 5.24. The first-order valence-corrected chi connectivity index (χ1v) is 6.93. The van der Waals surface area contributed by atoms with E-state index in [1.165, 1.54) is 0 Å². The number of carbonyl (C=O) groups is 2. The number of hydrogen-bond acceptors (Lipinski definition) is 3. The zero-order valence-electron chi connectivity index (χ0n) is 11.4. The fraction of sp³-hybridized carbons (Fsp3) is 0.250. The molecule has 0 unspecified atom stereocenters. The second kappa shape index (κ2) is 5.44. The monoisotopic (exact) mass is 284 g/mol. The van der Waals surface area contributed by atoms with E-state index >= 15 is 0 Å². The third kappa shape index (κ3) is 3.13. The van der Waals surface area contributed by atoms with Crippen molar-refractivity contribution in [3.63, 3.8) is 0 Å². The number of rotatable bonds is 4. The number of carbonyl (C=O) groups excluding carboxylic acids is 2.